The zero-order valence-electron chi connectivity index (χ0n) is 29.0. The van der Waals surface area contributed by atoms with E-state index in [2.05, 4.69) is 21.3 Å². The van der Waals surface area contributed by atoms with Crippen molar-refractivity contribution in [1.29, 1.82) is 0 Å². The maximum Gasteiger partial charge on any atom is 0.307 e. The molecule has 2 aliphatic heterocycles. The summed E-state index contributed by atoms with van der Waals surface area (Å²) in [4.78, 5) is 51.8. The average molecular weight is 722 g/mol. The zero-order valence-corrected chi connectivity index (χ0v) is 29.8. The van der Waals surface area contributed by atoms with E-state index in [4.69, 9.17) is 16.8 Å². The van der Waals surface area contributed by atoms with Crippen LogP contribution in [0.1, 0.15) is 39.9 Å². The van der Waals surface area contributed by atoms with Crippen LogP contribution < -0.4 is 15.3 Å². The topological polar surface area (TPSA) is 144 Å². The number of aliphatic carboxylic acids is 1. The number of likely N-dealkylation sites (tertiary alicyclic amines) is 2. The molecule has 0 bridgehead atoms. The molecule has 2 aliphatic rings. The van der Waals surface area contributed by atoms with E-state index in [1.54, 1.807) is 37.6 Å². The fraction of sp³-hybridized carbons (Fsp3) is 0.308. The molecule has 3 aromatic heterocycles. The number of anilines is 3. The second kappa shape index (κ2) is 14.8. The number of aromatic nitrogens is 3. The number of aliphatic hydroxyl groups is 1. The Morgan fingerprint density at radius 2 is 1.75 bits per heavy atom. The third kappa shape index (κ3) is 7.42. The third-order valence-electron chi connectivity index (χ3n) is 9.96. The summed E-state index contributed by atoms with van der Waals surface area (Å²) in [6.07, 6.45) is 6.37. The van der Waals surface area contributed by atoms with Gasteiger partial charge in [-0.05, 0) is 90.5 Å². The van der Waals surface area contributed by atoms with Crippen molar-refractivity contribution in [2.75, 3.05) is 35.9 Å². The lowest BCUT2D eigenvalue weighted by molar-refractivity contribution is -0.141. The molecule has 2 saturated heterocycles. The highest BCUT2D eigenvalue weighted by atomic mass is 35.5. The van der Waals surface area contributed by atoms with Crippen molar-refractivity contribution in [3.63, 3.8) is 0 Å². The Kier molecular flexibility index (Phi) is 10.1. The van der Waals surface area contributed by atoms with Crippen LogP contribution >= 0.6 is 11.8 Å². The third-order valence-corrected chi connectivity index (χ3v) is 10.3. The first-order chi connectivity index (χ1) is 25.0. The first-order valence-corrected chi connectivity index (χ1v) is 17.6. The van der Waals surface area contributed by atoms with Gasteiger partial charge in [0.2, 0.25) is 0 Å². The average Bonchev–Trinajstić information content (AvgIpc) is 3.78. The van der Waals surface area contributed by atoms with Gasteiger partial charge in [-0.3, -0.25) is 29.2 Å². The zero-order chi connectivity index (χ0) is 36.5. The molecule has 7 rings (SSSR count). The number of fused-ring (bicyclic) bond motifs is 1. The molecule has 5 aromatic rings. The molecule has 52 heavy (non-hydrogen) atoms. The molecule has 2 unspecified atom stereocenters. The molecule has 268 valence electrons. The van der Waals surface area contributed by atoms with E-state index in [0.717, 1.165) is 68.3 Å². The summed E-state index contributed by atoms with van der Waals surface area (Å²) in [5.41, 5.74) is 5.91. The number of carbonyl (C=O) groups is 2. The van der Waals surface area contributed by atoms with Crippen LogP contribution in [-0.2, 0) is 24.9 Å². The fourth-order valence-corrected chi connectivity index (χ4v) is 7.38. The number of benzene rings is 2. The fourth-order valence-electron chi connectivity index (χ4n) is 7.18. The van der Waals surface area contributed by atoms with Gasteiger partial charge in [-0.15, -0.1) is 0 Å². The number of hydrogen-bond donors (Lipinski definition) is 3. The van der Waals surface area contributed by atoms with Crippen LogP contribution in [0.2, 0.25) is 0 Å². The van der Waals surface area contributed by atoms with Crippen LogP contribution in [0.4, 0.5) is 17.2 Å². The number of carboxylic acids is 1. The van der Waals surface area contributed by atoms with Gasteiger partial charge >= 0.3 is 5.97 Å². The number of nitrogens with zero attached hydrogens (tertiary/aromatic N) is 6. The van der Waals surface area contributed by atoms with Crippen LogP contribution in [0.5, 0.6) is 0 Å². The molecule has 1 amide bonds. The number of hydrogen-bond acceptors (Lipinski definition) is 9. The maximum atomic E-state index is 13.7. The molecular weight excluding hydrogens is 682 g/mol. The van der Waals surface area contributed by atoms with Gasteiger partial charge in [-0.1, -0.05) is 24.3 Å². The SMILES string of the molecule is Cc1c(Nc2nccc3cc(CN4CCC(O)C4)cnc23)cccc1-c1cccc(N(Cl)C(=O)c2cc(CN3CCC(C(=O)O)C3)cn(C)c2=O)c1. The second-order valence-electron chi connectivity index (χ2n) is 13.7. The van der Waals surface area contributed by atoms with Gasteiger partial charge < -0.3 is 20.1 Å². The number of carbonyl (C=O) groups excluding carboxylic acids is 1. The number of aryl methyl sites for hydroxylation is 1. The summed E-state index contributed by atoms with van der Waals surface area (Å²) in [5, 5.41) is 23.7. The highest BCUT2D eigenvalue weighted by molar-refractivity contribution is 6.39. The molecule has 0 aliphatic carbocycles. The van der Waals surface area contributed by atoms with E-state index >= 15 is 0 Å². The second-order valence-corrected chi connectivity index (χ2v) is 14.1. The molecule has 0 radical (unpaired) electrons. The Bertz CT molecular complexity index is 2230. The number of β-amino-alcohol motifs (C(OH)–C–C–N with tert-alkyl or cyclic N) is 1. The molecule has 2 atom stereocenters. The first kappa shape index (κ1) is 35.3. The molecule has 0 saturated carbocycles. The summed E-state index contributed by atoms with van der Waals surface area (Å²) in [6, 6.07) is 18.8. The van der Waals surface area contributed by atoms with E-state index in [1.165, 1.54) is 4.57 Å². The lowest BCUT2D eigenvalue weighted by Gasteiger charge is -2.19. The van der Waals surface area contributed by atoms with E-state index in [9.17, 15) is 24.6 Å². The summed E-state index contributed by atoms with van der Waals surface area (Å²) >= 11 is 6.67. The minimum atomic E-state index is -0.818. The number of nitrogens with one attached hydrogen (secondary N) is 1. The molecule has 0 spiro atoms. The Morgan fingerprint density at radius 3 is 2.52 bits per heavy atom. The van der Waals surface area contributed by atoms with Gasteiger partial charge in [0, 0.05) is 81.2 Å². The molecule has 5 heterocycles. The quantitative estimate of drug-likeness (QED) is 0.162. The number of amides is 1. The molecular formula is C39H40ClN7O5. The van der Waals surface area contributed by atoms with Crippen molar-refractivity contribution in [1.82, 2.24) is 24.3 Å². The van der Waals surface area contributed by atoms with E-state index in [0.29, 0.717) is 44.1 Å². The molecule has 2 aromatic carbocycles. The molecule has 2 fully saturated rings. The summed E-state index contributed by atoms with van der Waals surface area (Å²) in [7, 11) is 1.58. The largest absolute Gasteiger partial charge is 0.481 e. The van der Waals surface area contributed by atoms with Crippen molar-refractivity contribution in [2.24, 2.45) is 13.0 Å². The van der Waals surface area contributed by atoms with Crippen LogP contribution in [-0.4, -0.2) is 78.7 Å². The number of rotatable bonds is 10. The predicted molar refractivity (Wildman–Crippen MR) is 201 cm³/mol. The number of aliphatic hydroxyl groups excluding tert-OH is 1. The lowest BCUT2D eigenvalue weighted by Crippen LogP contribution is -2.32. The van der Waals surface area contributed by atoms with Crippen LogP contribution in [0.15, 0.2) is 84.0 Å². The minimum Gasteiger partial charge on any atom is -0.481 e. The van der Waals surface area contributed by atoms with Gasteiger partial charge in [0.1, 0.15) is 11.1 Å². The van der Waals surface area contributed by atoms with Crippen LogP contribution in [0, 0.1) is 12.8 Å². The lowest BCUT2D eigenvalue weighted by atomic mass is 9.98. The van der Waals surface area contributed by atoms with Gasteiger partial charge in [0.05, 0.1) is 17.7 Å². The summed E-state index contributed by atoms with van der Waals surface area (Å²) in [5.74, 6) is -1.28. The summed E-state index contributed by atoms with van der Waals surface area (Å²) in [6.45, 7) is 5.72. The highest BCUT2D eigenvalue weighted by Crippen LogP contribution is 2.34. The van der Waals surface area contributed by atoms with Gasteiger partial charge in [0.25, 0.3) is 11.5 Å². The number of pyridine rings is 3. The van der Waals surface area contributed by atoms with Gasteiger partial charge in [0.15, 0.2) is 5.82 Å². The number of carboxylic acid groups (broad SMARTS) is 1. The Morgan fingerprint density at radius 1 is 0.981 bits per heavy atom. The van der Waals surface area contributed by atoms with Crippen LogP contribution in [0.25, 0.3) is 22.0 Å². The number of halogens is 1. The minimum absolute atomic E-state index is 0.0741. The van der Waals surface area contributed by atoms with Crippen molar-refractivity contribution >= 4 is 51.7 Å². The summed E-state index contributed by atoms with van der Waals surface area (Å²) < 4.78 is 2.32. The monoisotopic (exact) mass is 721 g/mol. The van der Waals surface area contributed by atoms with Gasteiger partial charge in [-0.25, -0.2) is 9.40 Å². The first-order valence-electron chi connectivity index (χ1n) is 17.3. The van der Waals surface area contributed by atoms with Gasteiger partial charge in [-0.2, -0.15) is 0 Å². The van der Waals surface area contributed by atoms with Crippen molar-refractivity contribution < 1.29 is 19.8 Å². The van der Waals surface area contributed by atoms with E-state index < -0.39 is 23.4 Å². The maximum absolute atomic E-state index is 13.7. The van der Waals surface area contributed by atoms with Crippen molar-refractivity contribution in [2.45, 2.75) is 39.0 Å². The van der Waals surface area contributed by atoms with E-state index in [1.807, 2.05) is 54.4 Å². The highest BCUT2D eigenvalue weighted by Gasteiger charge is 2.29. The smallest absolute Gasteiger partial charge is 0.307 e. The van der Waals surface area contributed by atoms with E-state index in [-0.39, 0.29) is 11.7 Å². The molecule has 12 nitrogen and oxygen atoms in total. The Labute approximate surface area is 306 Å². The Hall–Kier alpha value is -5.14. The predicted octanol–water partition coefficient (Wildman–Crippen LogP) is 5.32. The van der Waals surface area contributed by atoms with Crippen molar-refractivity contribution in [3.8, 4) is 11.1 Å². The Balaban J connectivity index is 1.10. The molecule has 3 N–H and O–H groups in total. The standard InChI is InChI=1S/C39H40ClN7O5/c1-24-32(7-4-8-34(24)43-36-35-28(9-12-41-36)15-25(18-42-35)20-46-14-11-31(48)23-46)27-5-3-6-30(17-27)47(40)38(50)33-16-26(19-44(2)37(33)49)21-45-13-10-29(22-45)39(51)52/h3-9,12,15-19,29,31,48H,10-11,13-14,20-23H2,1-2H3,(H,41,43)(H,51,52). The molecule has 13 heteroatoms. The normalized spacial score (nSPS) is 17.8. The van der Waals surface area contributed by atoms with Crippen LogP contribution in [0.3, 0.4) is 0 Å². The van der Waals surface area contributed by atoms with Crippen molar-refractivity contribution in [3.05, 3.63) is 112 Å².